The fourth-order valence-electron chi connectivity index (χ4n) is 2.44. The minimum atomic E-state index is -2.08. The molecule has 0 spiro atoms. The molecule has 2 fully saturated rings. The molecule has 2 unspecified atom stereocenters. The summed E-state index contributed by atoms with van der Waals surface area (Å²) >= 11 is 0. The summed E-state index contributed by atoms with van der Waals surface area (Å²) in [4.78, 5) is 24.5. The number of aliphatic hydroxyl groups is 2. The third-order valence-electron chi connectivity index (χ3n) is 3.66. The van der Waals surface area contributed by atoms with E-state index in [0.29, 0.717) is 26.3 Å². The van der Waals surface area contributed by atoms with Crippen LogP contribution in [0.3, 0.4) is 0 Å². The van der Waals surface area contributed by atoms with Gasteiger partial charge in [0.05, 0.1) is 19.6 Å². The maximum absolute atomic E-state index is 12.4. The zero-order chi connectivity index (χ0) is 15.6. The highest BCUT2D eigenvalue weighted by Crippen LogP contribution is 2.30. The van der Waals surface area contributed by atoms with E-state index in [9.17, 15) is 19.8 Å². The molecular formula is C14H22N2O5. The maximum atomic E-state index is 12.4. The maximum Gasteiger partial charge on any atom is 0.279 e. The van der Waals surface area contributed by atoms with E-state index in [-0.39, 0.29) is 5.92 Å². The Hall–Kier alpha value is -1.28. The van der Waals surface area contributed by atoms with Gasteiger partial charge in [0.1, 0.15) is 6.10 Å². The summed E-state index contributed by atoms with van der Waals surface area (Å²) in [6, 6.07) is 0. The minimum absolute atomic E-state index is 0.172. The van der Waals surface area contributed by atoms with Crippen molar-refractivity contribution in [2.75, 3.05) is 26.3 Å². The average Bonchev–Trinajstić information content (AvgIpc) is 2.68. The molecule has 7 nitrogen and oxygen atoms in total. The number of allylic oxidation sites excluding steroid dienone is 1. The van der Waals surface area contributed by atoms with Gasteiger partial charge in [-0.15, -0.1) is 0 Å². The summed E-state index contributed by atoms with van der Waals surface area (Å²) in [6.45, 7) is 5.48. The van der Waals surface area contributed by atoms with E-state index in [4.69, 9.17) is 4.74 Å². The molecule has 2 heterocycles. The van der Waals surface area contributed by atoms with Gasteiger partial charge < -0.3 is 14.9 Å². The van der Waals surface area contributed by atoms with Gasteiger partial charge in [-0.25, -0.2) is 10.0 Å². The van der Waals surface area contributed by atoms with Gasteiger partial charge in [0.15, 0.2) is 5.60 Å². The summed E-state index contributed by atoms with van der Waals surface area (Å²) < 4.78 is 5.18. The zero-order valence-corrected chi connectivity index (χ0v) is 12.4. The first-order chi connectivity index (χ1) is 9.86. The third kappa shape index (κ3) is 3.16. The number of aliphatic hydroxyl groups excluding tert-OH is 1. The number of ether oxygens (including phenoxy) is 1. The number of carbonyl (C=O) groups is 2. The average molecular weight is 298 g/mol. The van der Waals surface area contributed by atoms with Gasteiger partial charge >= 0.3 is 0 Å². The van der Waals surface area contributed by atoms with Crippen molar-refractivity contribution < 1.29 is 24.5 Å². The van der Waals surface area contributed by atoms with Crippen LogP contribution in [0.4, 0.5) is 0 Å². The number of carbonyl (C=O) groups excluding carboxylic acids is 2. The number of rotatable bonds is 4. The van der Waals surface area contributed by atoms with Gasteiger partial charge in [-0.05, 0) is 5.92 Å². The Morgan fingerprint density at radius 2 is 1.86 bits per heavy atom. The van der Waals surface area contributed by atoms with E-state index in [0.717, 1.165) is 5.01 Å². The Morgan fingerprint density at radius 1 is 1.24 bits per heavy atom. The molecule has 0 aromatic carbocycles. The van der Waals surface area contributed by atoms with Gasteiger partial charge in [-0.1, -0.05) is 26.0 Å². The van der Waals surface area contributed by atoms with Crippen LogP contribution in [0.2, 0.25) is 0 Å². The highest BCUT2D eigenvalue weighted by atomic mass is 16.5. The summed E-state index contributed by atoms with van der Waals surface area (Å²) in [6.07, 6.45) is 1.26. The molecule has 21 heavy (non-hydrogen) atoms. The molecule has 0 aliphatic carbocycles. The van der Waals surface area contributed by atoms with Crippen molar-refractivity contribution in [3.05, 3.63) is 12.2 Å². The van der Waals surface area contributed by atoms with E-state index in [1.807, 2.05) is 13.8 Å². The number of hydrazine groups is 1. The summed E-state index contributed by atoms with van der Waals surface area (Å²) in [5, 5.41) is 23.0. The van der Waals surface area contributed by atoms with Crippen LogP contribution in [-0.2, 0) is 14.3 Å². The first-order valence-corrected chi connectivity index (χ1v) is 7.15. The summed E-state index contributed by atoms with van der Waals surface area (Å²) in [5.74, 6) is -1.09. The number of hydrogen-bond acceptors (Lipinski definition) is 6. The smallest absolute Gasteiger partial charge is 0.279 e. The Kier molecular flexibility index (Phi) is 4.77. The molecule has 2 N–H and O–H groups in total. The molecule has 0 bridgehead atoms. The van der Waals surface area contributed by atoms with Crippen LogP contribution in [0.15, 0.2) is 12.2 Å². The van der Waals surface area contributed by atoms with Crippen LogP contribution in [0, 0.1) is 5.92 Å². The van der Waals surface area contributed by atoms with Crippen LogP contribution in [-0.4, -0.2) is 70.1 Å². The largest absolute Gasteiger partial charge is 0.385 e. The molecule has 2 rings (SSSR count). The quantitative estimate of drug-likeness (QED) is 0.527. The minimum Gasteiger partial charge on any atom is -0.385 e. The molecule has 0 saturated carbocycles. The van der Waals surface area contributed by atoms with Gasteiger partial charge in [-0.3, -0.25) is 9.59 Å². The highest BCUT2D eigenvalue weighted by Gasteiger charge is 2.56. The third-order valence-corrected chi connectivity index (χ3v) is 3.66. The van der Waals surface area contributed by atoms with Crippen molar-refractivity contribution in [3.8, 4) is 0 Å². The van der Waals surface area contributed by atoms with Crippen LogP contribution >= 0.6 is 0 Å². The Bertz CT molecular complexity index is 445. The molecule has 7 heteroatoms. The van der Waals surface area contributed by atoms with E-state index >= 15 is 0 Å². The zero-order valence-electron chi connectivity index (χ0n) is 12.4. The number of imide groups is 1. The number of amides is 2. The van der Waals surface area contributed by atoms with Gasteiger partial charge in [-0.2, -0.15) is 0 Å². The van der Waals surface area contributed by atoms with Crippen LogP contribution in [0.25, 0.3) is 0 Å². The second-order valence-electron chi connectivity index (χ2n) is 5.75. The highest BCUT2D eigenvalue weighted by molar-refractivity contribution is 6.07. The Morgan fingerprint density at radius 3 is 2.43 bits per heavy atom. The number of morpholine rings is 1. The lowest BCUT2D eigenvalue weighted by Crippen LogP contribution is -2.55. The van der Waals surface area contributed by atoms with Gasteiger partial charge in [0.2, 0.25) is 5.91 Å². The predicted molar refractivity (Wildman–Crippen MR) is 73.8 cm³/mol. The molecule has 118 valence electrons. The molecule has 2 aliphatic heterocycles. The topological polar surface area (TPSA) is 90.3 Å². The lowest BCUT2D eigenvalue weighted by atomic mass is 9.93. The first kappa shape index (κ1) is 16.1. The molecule has 2 amide bonds. The van der Waals surface area contributed by atoms with E-state index in [2.05, 4.69) is 0 Å². The first-order valence-electron chi connectivity index (χ1n) is 7.15. The predicted octanol–water partition coefficient (Wildman–Crippen LogP) is -0.703. The standard InChI is InChI=1S/C14H22N2O5/c1-10(2)3-4-11(17)14(20)9-12(18)16(13(14)19)15-5-7-21-8-6-15/h3-4,10-11,17,20H,5-9H2,1-2H3/b4-3+. The lowest BCUT2D eigenvalue weighted by Gasteiger charge is -2.34. The molecule has 0 aromatic rings. The molecule has 0 aromatic heterocycles. The van der Waals surface area contributed by atoms with Gasteiger partial charge in [0.25, 0.3) is 5.91 Å². The van der Waals surface area contributed by atoms with Crippen molar-refractivity contribution >= 4 is 11.8 Å². The molecular weight excluding hydrogens is 276 g/mol. The Balaban J connectivity index is 2.15. The Labute approximate surface area is 123 Å². The van der Waals surface area contributed by atoms with Crippen molar-refractivity contribution in [2.24, 2.45) is 5.92 Å². The molecule has 2 atom stereocenters. The number of nitrogens with zero attached hydrogens (tertiary/aromatic N) is 2. The molecule has 0 radical (unpaired) electrons. The SMILES string of the molecule is CC(C)/C=C/C(O)C1(O)CC(=O)N(N2CCOCC2)C1=O. The van der Waals surface area contributed by atoms with Crippen LogP contribution in [0.5, 0.6) is 0 Å². The monoisotopic (exact) mass is 298 g/mol. The summed E-state index contributed by atoms with van der Waals surface area (Å²) in [7, 11) is 0. The normalized spacial score (nSPS) is 29.9. The van der Waals surface area contributed by atoms with Crippen molar-refractivity contribution in [1.29, 1.82) is 0 Å². The fourth-order valence-corrected chi connectivity index (χ4v) is 2.44. The van der Waals surface area contributed by atoms with E-state index < -0.39 is 29.9 Å². The molecule has 2 saturated heterocycles. The van der Waals surface area contributed by atoms with Crippen LogP contribution in [0.1, 0.15) is 20.3 Å². The summed E-state index contributed by atoms with van der Waals surface area (Å²) in [5.41, 5.74) is -2.08. The van der Waals surface area contributed by atoms with E-state index in [1.165, 1.54) is 6.08 Å². The van der Waals surface area contributed by atoms with E-state index in [1.54, 1.807) is 11.1 Å². The van der Waals surface area contributed by atoms with Gasteiger partial charge in [0, 0.05) is 13.1 Å². The lowest BCUT2D eigenvalue weighted by molar-refractivity contribution is -0.172. The second kappa shape index (κ2) is 6.23. The number of hydrogen-bond donors (Lipinski definition) is 2. The second-order valence-corrected chi connectivity index (χ2v) is 5.75. The van der Waals surface area contributed by atoms with Crippen molar-refractivity contribution in [3.63, 3.8) is 0 Å². The fraction of sp³-hybridized carbons (Fsp3) is 0.714. The van der Waals surface area contributed by atoms with Crippen molar-refractivity contribution in [2.45, 2.75) is 32.0 Å². The molecule has 2 aliphatic rings. The van der Waals surface area contributed by atoms with Crippen molar-refractivity contribution in [1.82, 2.24) is 10.0 Å². The van der Waals surface area contributed by atoms with Crippen LogP contribution < -0.4 is 0 Å².